The molecule has 3 aromatic rings. The highest BCUT2D eigenvalue weighted by Gasteiger charge is 2.06. The number of aromatic nitrogens is 2. The lowest BCUT2D eigenvalue weighted by Gasteiger charge is -2.04. The Balaban J connectivity index is 1.59. The monoisotopic (exact) mass is 324 g/mol. The van der Waals surface area contributed by atoms with Crippen molar-refractivity contribution in [1.82, 2.24) is 9.97 Å². The van der Waals surface area contributed by atoms with Gasteiger partial charge in [-0.15, -0.1) is 0 Å². The number of pyridine rings is 1. The van der Waals surface area contributed by atoms with Crippen LogP contribution in [-0.2, 0) is 6.42 Å². The van der Waals surface area contributed by atoms with Crippen LogP contribution in [0, 0.1) is 10.1 Å². The normalized spacial score (nSPS) is 11.6. The van der Waals surface area contributed by atoms with Gasteiger partial charge in [0.25, 0.3) is 5.69 Å². The predicted octanol–water partition coefficient (Wildman–Crippen LogP) is 2.44. The Labute approximate surface area is 137 Å². The first-order valence-corrected chi connectivity index (χ1v) is 7.36. The molecule has 0 saturated heterocycles. The number of aromatic amines is 1. The van der Waals surface area contributed by atoms with Crippen molar-refractivity contribution in [3.8, 4) is 0 Å². The third-order valence-electron chi connectivity index (χ3n) is 3.55. The summed E-state index contributed by atoms with van der Waals surface area (Å²) >= 11 is 0. The van der Waals surface area contributed by atoms with E-state index in [2.05, 4.69) is 26.3 Å². The summed E-state index contributed by atoms with van der Waals surface area (Å²) in [4.78, 5) is 21.5. The van der Waals surface area contributed by atoms with Crippen LogP contribution in [0.5, 0.6) is 0 Å². The van der Waals surface area contributed by atoms with Gasteiger partial charge < -0.3 is 16.0 Å². The number of para-hydroxylation sites is 1. The van der Waals surface area contributed by atoms with Crippen LogP contribution in [0.1, 0.15) is 5.56 Å². The molecule has 24 heavy (non-hydrogen) atoms. The topological polar surface area (TPSA) is 122 Å². The van der Waals surface area contributed by atoms with Gasteiger partial charge in [-0.2, -0.15) is 0 Å². The van der Waals surface area contributed by atoms with Crippen molar-refractivity contribution in [3.05, 3.63) is 64.5 Å². The Morgan fingerprint density at radius 1 is 1.33 bits per heavy atom. The Hall–Kier alpha value is -3.42. The lowest BCUT2D eigenvalue weighted by atomic mass is 10.1. The number of hydrogen-bond acceptors (Lipinski definition) is 4. The van der Waals surface area contributed by atoms with Gasteiger partial charge in [-0.3, -0.25) is 15.1 Å². The molecule has 122 valence electrons. The van der Waals surface area contributed by atoms with Crippen molar-refractivity contribution in [2.24, 2.45) is 10.7 Å². The molecule has 2 heterocycles. The molecule has 8 nitrogen and oxygen atoms in total. The number of nitro groups is 1. The molecule has 0 spiro atoms. The Morgan fingerprint density at radius 3 is 2.92 bits per heavy atom. The summed E-state index contributed by atoms with van der Waals surface area (Å²) in [5.74, 6) is 0.630. The van der Waals surface area contributed by atoms with Crippen LogP contribution >= 0.6 is 0 Å². The second-order valence-corrected chi connectivity index (χ2v) is 5.16. The maximum absolute atomic E-state index is 10.6. The average molecular weight is 324 g/mol. The van der Waals surface area contributed by atoms with E-state index in [0.29, 0.717) is 12.4 Å². The van der Waals surface area contributed by atoms with Gasteiger partial charge in [-0.25, -0.2) is 4.98 Å². The molecule has 4 N–H and O–H groups in total. The number of H-pyrrole nitrogens is 1. The Morgan fingerprint density at radius 2 is 2.17 bits per heavy atom. The van der Waals surface area contributed by atoms with Gasteiger partial charge in [0.05, 0.1) is 4.92 Å². The maximum atomic E-state index is 10.6. The van der Waals surface area contributed by atoms with Gasteiger partial charge in [0.1, 0.15) is 12.0 Å². The standard InChI is InChI=1S/C16H16N6O2/c17-16(21-15-6-5-12(10-20-15)22(23)24)18-8-7-11-9-19-14-4-2-1-3-13(11)14/h1-6,9-10,19H,7-8H2,(H3,17,18,20,21). The number of hydrogen-bond donors (Lipinski definition) is 3. The zero-order valence-electron chi connectivity index (χ0n) is 12.8. The van der Waals surface area contributed by atoms with E-state index in [1.165, 1.54) is 29.3 Å². The van der Waals surface area contributed by atoms with Crippen molar-refractivity contribution >= 4 is 28.4 Å². The minimum atomic E-state index is -0.505. The molecular formula is C16H16N6O2. The van der Waals surface area contributed by atoms with Crippen LogP contribution in [0.2, 0.25) is 0 Å². The zero-order valence-corrected chi connectivity index (χ0v) is 12.8. The Bertz CT molecular complexity index is 885. The highest BCUT2D eigenvalue weighted by molar-refractivity contribution is 5.91. The number of rotatable bonds is 5. The number of anilines is 1. The number of nitrogens with two attached hydrogens (primary N) is 1. The van der Waals surface area contributed by atoms with Crippen molar-refractivity contribution in [3.63, 3.8) is 0 Å². The van der Waals surface area contributed by atoms with Gasteiger partial charge in [0.2, 0.25) is 0 Å². The average Bonchev–Trinajstić information content (AvgIpc) is 2.99. The highest BCUT2D eigenvalue weighted by Crippen LogP contribution is 2.18. The van der Waals surface area contributed by atoms with Crippen LogP contribution in [0.25, 0.3) is 10.9 Å². The minimum Gasteiger partial charge on any atom is -0.370 e. The summed E-state index contributed by atoms with van der Waals surface area (Å²) in [6.45, 7) is 0.521. The summed E-state index contributed by atoms with van der Waals surface area (Å²) in [6, 6.07) is 10.9. The summed E-state index contributed by atoms with van der Waals surface area (Å²) in [5, 5.41) is 14.6. The molecule has 0 unspecified atom stereocenters. The molecule has 0 saturated carbocycles. The molecular weight excluding hydrogens is 308 g/mol. The molecule has 3 rings (SSSR count). The van der Waals surface area contributed by atoms with Crippen LogP contribution in [0.4, 0.5) is 11.5 Å². The molecule has 0 fully saturated rings. The van der Waals surface area contributed by atoms with E-state index in [9.17, 15) is 10.1 Å². The number of aliphatic imine (C=N–C) groups is 1. The van der Waals surface area contributed by atoms with Crippen LogP contribution < -0.4 is 11.1 Å². The van der Waals surface area contributed by atoms with Gasteiger partial charge in [-0.1, -0.05) is 18.2 Å². The molecule has 8 heteroatoms. The number of fused-ring (bicyclic) bond motifs is 1. The van der Waals surface area contributed by atoms with Crippen molar-refractivity contribution in [2.75, 3.05) is 11.9 Å². The van der Waals surface area contributed by atoms with Gasteiger partial charge in [-0.05, 0) is 24.1 Å². The molecule has 0 atom stereocenters. The smallest absolute Gasteiger partial charge is 0.287 e. The summed E-state index contributed by atoms with van der Waals surface area (Å²) in [7, 11) is 0. The molecule has 0 aliphatic heterocycles. The third kappa shape index (κ3) is 3.49. The first kappa shape index (κ1) is 15.5. The number of guanidine groups is 1. The van der Waals surface area contributed by atoms with Crippen LogP contribution in [-0.4, -0.2) is 27.4 Å². The maximum Gasteiger partial charge on any atom is 0.287 e. The fourth-order valence-corrected chi connectivity index (χ4v) is 2.37. The first-order valence-electron chi connectivity index (χ1n) is 7.36. The molecule has 0 amide bonds. The third-order valence-corrected chi connectivity index (χ3v) is 3.55. The molecule has 0 aliphatic carbocycles. The fraction of sp³-hybridized carbons (Fsp3) is 0.125. The lowest BCUT2D eigenvalue weighted by molar-refractivity contribution is -0.385. The van der Waals surface area contributed by atoms with E-state index in [-0.39, 0.29) is 11.6 Å². The van der Waals surface area contributed by atoms with E-state index in [0.717, 1.165) is 11.9 Å². The van der Waals surface area contributed by atoms with Crippen molar-refractivity contribution in [1.29, 1.82) is 0 Å². The number of nitrogens with one attached hydrogen (secondary N) is 2. The zero-order chi connectivity index (χ0) is 16.9. The second-order valence-electron chi connectivity index (χ2n) is 5.16. The van der Waals surface area contributed by atoms with Crippen LogP contribution in [0.3, 0.4) is 0 Å². The van der Waals surface area contributed by atoms with Gasteiger partial charge >= 0.3 is 0 Å². The minimum absolute atomic E-state index is 0.0737. The Kier molecular flexibility index (Phi) is 4.37. The largest absolute Gasteiger partial charge is 0.370 e. The first-order chi connectivity index (χ1) is 11.6. The van der Waals surface area contributed by atoms with Crippen molar-refractivity contribution < 1.29 is 4.92 Å². The van der Waals surface area contributed by atoms with E-state index in [4.69, 9.17) is 5.73 Å². The summed E-state index contributed by atoms with van der Waals surface area (Å²) < 4.78 is 0. The molecule has 2 aromatic heterocycles. The van der Waals surface area contributed by atoms with Gasteiger partial charge in [0, 0.05) is 29.7 Å². The predicted molar refractivity (Wildman–Crippen MR) is 93.0 cm³/mol. The van der Waals surface area contributed by atoms with E-state index >= 15 is 0 Å². The van der Waals surface area contributed by atoms with E-state index in [1.807, 2.05) is 24.4 Å². The summed E-state index contributed by atoms with van der Waals surface area (Å²) in [5.41, 5.74) is 8.01. The lowest BCUT2D eigenvalue weighted by Crippen LogP contribution is -2.23. The summed E-state index contributed by atoms with van der Waals surface area (Å²) in [6.07, 6.45) is 3.89. The fourth-order valence-electron chi connectivity index (χ4n) is 2.37. The second kappa shape index (κ2) is 6.78. The quantitative estimate of drug-likeness (QED) is 0.288. The SMILES string of the molecule is NC(=NCCc1c[nH]c2ccccc12)Nc1ccc([N+](=O)[O-])cn1. The van der Waals surface area contributed by atoms with Gasteiger partial charge in [0.15, 0.2) is 5.96 Å². The molecule has 0 radical (unpaired) electrons. The molecule has 1 aromatic carbocycles. The van der Waals surface area contributed by atoms with Crippen molar-refractivity contribution in [2.45, 2.75) is 6.42 Å². The number of nitrogens with zero attached hydrogens (tertiary/aromatic N) is 3. The highest BCUT2D eigenvalue weighted by atomic mass is 16.6. The molecule has 0 aliphatic rings. The number of benzene rings is 1. The van der Waals surface area contributed by atoms with E-state index < -0.39 is 4.92 Å². The van der Waals surface area contributed by atoms with E-state index in [1.54, 1.807) is 0 Å². The van der Waals surface area contributed by atoms with Crippen LogP contribution in [0.15, 0.2) is 53.8 Å². The molecule has 0 bridgehead atoms.